The Morgan fingerprint density at radius 2 is 1.81 bits per heavy atom. The van der Waals surface area contributed by atoms with Gasteiger partial charge in [0.05, 0.1) is 24.2 Å². The van der Waals surface area contributed by atoms with E-state index in [9.17, 15) is 0 Å². The number of aromatic amines is 1. The standard InChI is InChI=1S/C19H30N4O.2ClH/c1-6-11-24-12-10-15-8-7-9-17-18(15)21-19(20-17)16(13-22(2)3)14-23(4)5;;/h6-9,16H,1,10-14H2,2-5H3,(H,20,21);2*1H. The molecule has 1 aromatic heterocycles. The van der Waals surface area contributed by atoms with Gasteiger partial charge in [-0.25, -0.2) is 4.98 Å². The number of rotatable bonds is 10. The Bertz CT molecular complexity index is 648. The molecule has 0 atom stereocenters. The fraction of sp³-hybridized carbons (Fsp3) is 0.526. The molecule has 1 heterocycles. The number of hydrogen-bond donors (Lipinski definition) is 1. The number of aromatic nitrogens is 2. The summed E-state index contributed by atoms with van der Waals surface area (Å²) in [6.07, 6.45) is 2.64. The number of fused-ring (bicyclic) bond motifs is 1. The van der Waals surface area contributed by atoms with Crippen molar-refractivity contribution in [2.75, 3.05) is 54.5 Å². The lowest BCUT2D eigenvalue weighted by Gasteiger charge is -2.22. The minimum absolute atomic E-state index is 0. The van der Waals surface area contributed by atoms with Gasteiger partial charge < -0.3 is 19.5 Å². The number of para-hydroxylation sites is 1. The summed E-state index contributed by atoms with van der Waals surface area (Å²) in [5.74, 6) is 1.42. The van der Waals surface area contributed by atoms with E-state index in [-0.39, 0.29) is 24.8 Å². The van der Waals surface area contributed by atoms with Crippen molar-refractivity contribution >= 4 is 35.8 Å². The van der Waals surface area contributed by atoms with Crippen molar-refractivity contribution in [3.05, 3.63) is 42.2 Å². The van der Waals surface area contributed by atoms with Crippen LogP contribution in [0, 0.1) is 0 Å². The molecule has 0 unspecified atom stereocenters. The first-order valence-corrected chi connectivity index (χ1v) is 8.47. The zero-order valence-electron chi connectivity index (χ0n) is 16.2. The van der Waals surface area contributed by atoms with Gasteiger partial charge >= 0.3 is 0 Å². The van der Waals surface area contributed by atoms with Crippen LogP contribution in [0.4, 0.5) is 0 Å². The first kappa shape index (κ1) is 24.9. The smallest absolute Gasteiger partial charge is 0.112 e. The van der Waals surface area contributed by atoms with Gasteiger partial charge in [-0.05, 0) is 46.2 Å². The van der Waals surface area contributed by atoms with Gasteiger partial charge in [0, 0.05) is 19.0 Å². The molecular weight excluding hydrogens is 371 g/mol. The molecule has 0 saturated heterocycles. The van der Waals surface area contributed by atoms with E-state index in [0.717, 1.165) is 36.4 Å². The van der Waals surface area contributed by atoms with E-state index in [0.29, 0.717) is 19.1 Å². The van der Waals surface area contributed by atoms with E-state index in [1.165, 1.54) is 5.56 Å². The fourth-order valence-corrected chi connectivity index (χ4v) is 2.97. The molecule has 0 aliphatic rings. The number of nitrogens with one attached hydrogen (secondary N) is 1. The average Bonchev–Trinajstić information content (AvgIpc) is 2.95. The van der Waals surface area contributed by atoms with Crippen molar-refractivity contribution in [3.8, 4) is 0 Å². The van der Waals surface area contributed by atoms with E-state index in [1.807, 2.05) is 0 Å². The van der Waals surface area contributed by atoms with Gasteiger partial charge in [-0.1, -0.05) is 18.2 Å². The molecule has 0 saturated carbocycles. The number of imidazole rings is 1. The number of nitrogens with zero attached hydrogens (tertiary/aromatic N) is 3. The van der Waals surface area contributed by atoms with Crippen molar-refractivity contribution in [3.63, 3.8) is 0 Å². The normalized spacial score (nSPS) is 11.0. The van der Waals surface area contributed by atoms with Crippen molar-refractivity contribution in [1.82, 2.24) is 19.8 Å². The second kappa shape index (κ2) is 12.3. The van der Waals surface area contributed by atoms with Gasteiger partial charge in [0.1, 0.15) is 5.82 Å². The van der Waals surface area contributed by atoms with Gasteiger partial charge in [-0.3, -0.25) is 0 Å². The minimum atomic E-state index is 0. The lowest BCUT2D eigenvalue weighted by molar-refractivity contribution is 0.166. The molecular formula is C19H32Cl2N4O. The van der Waals surface area contributed by atoms with E-state index in [1.54, 1.807) is 6.08 Å². The second-order valence-corrected chi connectivity index (χ2v) is 6.77. The van der Waals surface area contributed by atoms with Crippen LogP contribution in [0.5, 0.6) is 0 Å². The summed E-state index contributed by atoms with van der Waals surface area (Å²) in [7, 11) is 8.42. The molecule has 7 heteroatoms. The summed E-state index contributed by atoms with van der Waals surface area (Å²) in [6.45, 7) is 6.89. The van der Waals surface area contributed by atoms with Gasteiger partial charge in [-0.15, -0.1) is 31.4 Å². The zero-order valence-corrected chi connectivity index (χ0v) is 17.8. The average molecular weight is 403 g/mol. The quantitative estimate of drug-likeness (QED) is 0.488. The molecule has 0 spiro atoms. The summed E-state index contributed by atoms with van der Waals surface area (Å²) >= 11 is 0. The van der Waals surface area contributed by atoms with Gasteiger partial charge in [0.25, 0.3) is 0 Å². The van der Waals surface area contributed by atoms with Crippen LogP contribution < -0.4 is 0 Å². The molecule has 1 aromatic carbocycles. The van der Waals surface area contributed by atoms with Crippen LogP contribution >= 0.6 is 24.8 Å². The van der Waals surface area contributed by atoms with E-state index >= 15 is 0 Å². The van der Waals surface area contributed by atoms with Crippen molar-refractivity contribution in [1.29, 1.82) is 0 Å². The van der Waals surface area contributed by atoms with Gasteiger partial charge in [0.2, 0.25) is 0 Å². The molecule has 0 bridgehead atoms. The van der Waals surface area contributed by atoms with Gasteiger partial charge in [-0.2, -0.15) is 0 Å². The second-order valence-electron chi connectivity index (χ2n) is 6.77. The number of benzene rings is 1. The Morgan fingerprint density at radius 3 is 2.38 bits per heavy atom. The van der Waals surface area contributed by atoms with Crippen molar-refractivity contribution < 1.29 is 4.74 Å². The summed E-state index contributed by atoms with van der Waals surface area (Å²) in [5.41, 5.74) is 3.40. The molecule has 2 aromatic rings. The Hall–Kier alpha value is -1.11. The van der Waals surface area contributed by atoms with Crippen LogP contribution in [0.1, 0.15) is 17.3 Å². The lowest BCUT2D eigenvalue weighted by Crippen LogP contribution is -2.29. The third kappa shape index (κ3) is 7.25. The number of H-pyrrole nitrogens is 1. The Labute approximate surface area is 169 Å². The third-order valence-electron chi connectivity index (χ3n) is 3.92. The summed E-state index contributed by atoms with van der Waals surface area (Å²) in [4.78, 5) is 12.9. The molecule has 1 N–H and O–H groups in total. The van der Waals surface area contributed by atoms with E-state index in [2.05, 4.69) is 67.8 Å². The van der Waals surface area contributed by atoms with Crippen LogP contribution in [0.2, 0.25) is 0 Å². The van der Waals surface area contributed by atoms with Crippen molar-refractivity contribution in [2.24, 2.45) is 0 Å². The first-order valence-electron chi connectivity index (χ1n) is 8.47. The van der Waals surface area contributed by atoms with Crippen LogP contribution in [-0.2, 0) is 11.2 Å². The molecule has 5 nitrogen and oxygen atoms in total. The maximum absolute atomic E-state index is 5.53. The number of ether oxygens (including phenoxy) is 1. The van der Waals surface area contributed by atoms with E-state index in [4.69, 9.17) is 9.72 Å². The number of likely N-dealkylation sites (N-methyl/N-ethyl adjacent to an activating group) is 2. The number of hydrogen-bond acceptors (Lipinski definition) is 4. The Morgan fingerprint density at radius 1 is 1.15 bits per heavy atom. The topological polar surface area (TPSA) is 44.4 Å². The molecule has 0 radical (unpaired) electrons. The maximum Gasteiger partial charge on any atom is 0.112 e. The van der Waals surface area contributed by atoms with Crippen LogP contribution in [0.3, 0.4) is 0 Å². The first-order chi connectivity index (χ1) is 11.5. The van der Waals surface area contributed by atoms with Crippen LogP contribution in [-0.4, -0.2) is 74.3 Å². The summed E-state index contributed by atoms with van der Waals surface area (Å²) in [5, 5.41) is 0. The third-order valence-corrected chi connectivity index (χ3v) is 3.92. The van der Waals surface area contributed by atoms with E-state index < -0.39 is 0 Å². The highest BCUT2D eigenvalue weighted by molar-refractivity contribution is 5.85. The lowest BCUT2D eigenvalue weighted by atomic mass is 10.1. The molecule has 26 heavy (non-hydrogen) atoms. The Kier molecular flexibility index (Phi) is 11.8. The molecule has 0 aliphatic carbocycles. The largest absolute Gasteiger partial charge is 0.377 e. The highest BCUT2D eigenvalue weighted by atomic mass is 35.5. The monoisotopic (exact) mass is 402 g/mol. The van der Waals surface area contributed by atoms with Crippen LogP contribution in [0.25, 0.3) is 11.0 Å². The molecule has 148 valence electrons. The van der Waals surface area contributed by atoms with Crippen molar-refractivity contribution in [2.45, 2.75) is 12.3 Å². The predicted molar refractivity (Wildman–Crippen MR) is 115 cm³/mol. The SMILES string of the molecule is C=CCOCCc1cccc2[nH]c(C(CN(C)C)CN(C)C)nc12.Cl.Cl. The highest BCUT2D eigenvalue weighted by Gasteiger charge is 2.18. The summed E-state index contributed by atoms with van der Waals surface area (Å²) < 4.78 is 5.53. The molecule has 0 aliphatic heterocycles. The van der Waals surface area contributed by atoms with Crippen LogP contribution in [0.15, 0.2) is 30.9 Å². The molecule has 2 rings (SSSR count). The molecule has 0 amide bonds. The molecule has 0 fully saturated rings. The predicted octanol–water partition coefficient (Wildman–Crippen LogP) is 3.36. The fourth-order valence-electron chi connectivity index (χ4n) is 2.97. The summed E-state index contributed by atoms with van der Waals surface area (Å²) in [6, 6.07) is 6.32. The minimum Gasteiger partial charge on any atom is -0.377 e. The number of halogens is 2. The maximum atomic E-state index is 5.53. The zero-order chi connectivity index (χ0) is 17.5. The highest BCUT2D eigenvalue weighted by Crippen LogP contribution is 2.22. The Balaban J connectivity index is 0.00000312. The van der Waals surface area contributed by atoms with Gasteiger partial charge in [0.15, 0.2) is 0 Å².